The van der Waals surface area contributed by atoms with Gasteiger partial charge in [-0.1, -0.05) is 32.0 Å². The third-order valence-corrected chi connectivity index (χ3v) is 3.99. The fourth-order valence-electron chi connectivity index (χ4n) is 2.52. The number of hydrogen-bond donors (Lipinski definition) is 1. The maximum atomic E-state index is 12.2. The van der Waals surface area contributed by atoms with Crippen LogP contribution in [0.4, 0.5) is 0 Å². The lowest BCUT2D eigenvalue weighted by molar-refractivity contribution is -0.135. The molecule has 0 aliphatic carbocycles. The van der Waals surface area contributed by atoms with Crippen molar-refractivity contribution in [2.24, 2.45) is 11.1 Å². The average molecular weight is 313 g/mol. The Bertz CT molecular complexity index is 451. The van der Waals surface area contributed by atoms with Crippen LogP contribution in [0.15, 0.2) is 30.3 Å². The Labute approximate surface area is 133 Å². The first-order chi connectivity index (χ1) is 9.49. The Hall–Kier alpha value is -1.26. The number of benzene rings is 1. The number of nitrogens with zero attached hydrogens (tertiary/aromatic N) is 1. The van der Waals surface area contributed by atoms with Crippen molar-refractivity contribution in [1.29, 1.82) is 0 Å². The summed E-state index contributed by atoms with van der Waals surface area (Å²) >= 11 is 0. The van der Waals surface area contributed by atoms with Gasteiger partial charge in [-0.3, -0.25) is 4.79 Å². The largest absolute Gasteiger partial charge is 0.493 e. The Morgan fingerprint density at radius 3 is 2.67 bits per heavy atom. The first kappa shape index (κ1) is 17.8. The number of likely N-dealkylation sites (tertiary alicyclic amines) is 1. The number of hydrogen-bond acceptors (Lipinski definition) is 3. The standard InChI is InChI=1S/C16H24N2O2.ClH/c1-16(2)12-18(10-8-14(16)17)15(19)9-11-20-13-6-4-3-5-7-13;/h3-7,14H,8-12,17H2,1-2H3;1H. The number of halogens is 1. The zero-order valence-electron chi connectivity index (χ0n) is 12.7. The second-order valence-electron chi connectivity index (χ2n) is 6.11. The minimum atomic E-state index is -0.00576. The smallest absolute Gasteiger partial charge is 0.226 e. The molecule has 1 unspecified atom stereocenters. The highest BCUT2D eigenvalue weighted by Crippen LogP contribution is 2.27. The van der Waals surface area contributed by atoms with Crippen LogP contribution in [0.25, 0.3) is 0 Å². The van der Waals surface area contributed by atoms with Crippen LogP contribution < -0.4 is 10.5 Å². The lowest BCUT2D eigenvalue weighted by Crippen LogP contribution is -2.54. The first-order valence-electron chi connectivity index (χ1n) is 7.20. The SMILES string of the molecule is CC1(C)CN(C(=O)CCOc2ccccc2)CCC1N.Cl. The third kappa shape index (κ3) is 4.90. The molecule has 1 fully saturated rings. The van der Waals surface area contributed by atoms with E-state index in [0.29, 0.717) is 13.0 Å². The van der Waals surface area contributed by atoms with Crippen LogP contribution in [0, 0.1) is 5.41 Å². The molecule has 0 bridgehead atoms. The number of amides is 1. The van der Waals surface area contributed by atoms with Crippen molar-refractivity contribution in [3.63, 3.8) is 0 Å². The van der Waals surface area contributed by atoms with Gasteiger partial charge in [0.15, 0.2) is 0 Å². The van der Waals surface area contributed by atoms with Gasteiger partial charge < -0.3 is 15.4 Å². The normalized spacial score (nSPS) is 20.5. The number of carbonyl (C=O) groups excluding carboxylic acids is 1. The van der Waals surface area contributed by atoms with Crippen LogP contribution in [-0.2, 0) is 4.79 Å². The van der Waals surface area contributed by atoms with Crippen molar-refractivity contribution in [1.82, 2.24) is 4.90 Å². The van der Waals surface area contributed by atoms with E-state index in [-0.39, 0.29) is 29.8 Å². The predicted octanol–water partition coefficient (Wildman–Crippen LogP) is 2.46. The molecule has 1 atom stereocenters. The van der Waals surface area contributed by atoms with Crippen LogP contribution >= 0.6 is 12.4 Å². The Morgan fingerprint density at radius 2 is 2.05 bits per heavy atom. The van der Waals surface area contributed by atoms with Gasteiger partial charge in [0.25, 0.3) is 0 Å². The molecule has 4 nitrogen and oxygen atoms in total. The van der Waals surface area contributed by atoms with Crippen LogP contribution in [0.1, 0.15) is 26.7 Å². The molecule has 0 radical (unpaired) electrons. The summed E-state index contributed by atoms with van der Waals surface area (Å²) in [7, 11) is 0. The lowest BCUT2D eigenvalue weighted by Gasteiger charge is -2.42. The van der Waals surface area contributed by atoms with Gasteiger partial charge in [-0.2, -0.15) is 0 Å². The van der Waals surface area contributed by atoms with Crippen LogP contribution in [0.5, 0.6) is 5.75 Å². The van der Waals surface area contributed by atoms with E-state index >= 15 is 0 Å². The van der Waals surface area contributed by atoms with Gasteiger partial charge in [-0.05, 0) is 24.0 Å². The van der Waals surface area contributed by atoms with Gasteiger partial charge in [-0.25, -0.2) is 0 Å². The molecular weight excluding hydrogens is 288 g/mol. The lowest BCUT2D eigenvalue weighted by atomic mass is 9.79. The van der Waals surface area contributed by atoms with Gasteiger partial charge in [0.2, 0.25) is 5.91 Å². The van der Waals surface area contributed by atoms with E-state index in [1.54, 1.807) is 0 Å². The molecule has 1 saturated heterocycles. The molecule has 0 aromatic heterocycles. The number of piperidine rings is 1. The predicted molar refractivity (Wildman–Crippen MR) is 86.8 cm³/mol. The van der Waals surface area contributed by atoms with E-state index in [2.05, 4.69) is 13.8 Å². The van der Waals surface area contributed by atoms with E-state index in [1.165, 1.54) is 0 Å². The van der Waals surface area contributed by atoms with E-state index in [1.807, 2.05) is 35.2 Å². The minimum Gasteiger partial charge on any atom is -0.493 e. The van der Waals surface area contributed by atoms with Crippen LogP contribution in [-0.4, -0.2) is 36.5 Å². The van der Waals surface area contributed by atoms with Crippen molar-refractivity contribution in [3.8, 4) is 5.75 Å². The Morgan fingerprint density at radius 1 is 1.38 bits per heavy atom. The highest BCUT2D eigenvalue weighted by atomic mass is 35.5. The molecule has 2 rings (SSSR count). The molecule has 21 heavy (non-hydrogen) atoms. The summed E-state index contributed by atoms with van der Waals surface area (Å²) in [5.41, 5.74) is 6.08. The van der Waals surface area contributed by atoms with Crippen molar-refractivity contribution >= 4 is 18.3 Å². The summed E-state index contributed by atoms with van der Waals surface area (Å²) < 4.78 is 5.57. The molecule has 1 amide bonds. The highest BCUT2D eigenvalue weighted by molar-refractivity contribution is 5.85. The van der Waals surface area contributed by atoms with E-state index in [0.717, 1.165) is 25.3 Å². The van der Waals surface area contributed by atoms with Gasteiger partial charge in [0.05, 0.1) is 13.0 Å². The van der Waals surface area contributed by atoms with E-state index in [4.69, 9.17) is 10.5 Å². The van der Waals surface area contributed by atoms with Crippen LogP contribution in [0.2, 0.25) is 0 Å². The second-order valence-corrected chi connectivity index (χ2v) is 6.11. The fraction of sp³-hybridized carbons (Fsp3) is 0.562. The topological polar surface area (TPSA) is 55.6 Å². The zero-order chi connectivity index (χ0) is 14.6. The van der Waals surface area contributed by atoms with E-state index < -0.39 is 0 Å². The van der Waals surface area contributed by atoms with Gasteiger partial charge in [0, 0.05) is 19.1 Å². The Kier molecular flexibility index (Phi) is 6.49. The Balaban J connectivity index is 0.00000220. The second kappa shape index (κ2) is 7.66. The van der Waals surface area contributed by atoms with Crippen molar-refractivity contribution in [2.75, 3.05) is 19.7 Å². The molecule has 0 spiro atoms. The molecule has 5 heteroatoms. The van der Waals surface area contributed by atoms with Gasteiger partial charge in [-0.15, -0.1) is 12.4 Å². The monoisotopic (exact) mass is 312 g/mol. The van der Waals surface area contributed by atoms with Gasteiger partial charge in [0.1, 0.15) is 5.75 Å². The molecule has 2 N–H and O–H groups in total. The number of ether oxygens (including phenoxy) is 1. The number of para-hydroxylation sites is 1. The zero-order valence-corrected chi connectivity index (χ0v) is 13.6. The molecule has 1 aliphatic heterocycles. The number of carbonyl (C=O) groups is 1. The first-order valence-corrected chi connectivity index (χ1v) is 7.20. The summed E-state index contributed by atoms with van der Waals surface area (Å²) in [6.07, 6.45) is 1.29. The summed E-state index contributed by atoms with van der Waals surface area (Å²) in [6, 6.07) is 9.75. The molecule has 1 aliphatic rings. The minimum absolute atomic E-state index is 0. The van der Waals surface area contributed by atoms with Crippen molar-refractivity contribution < 1.29 is 9.53 Å². The number of rotatable bonds is 4. The average Bonchev–Trinajstić information content (AvgIpc) is 2.43. The summed E-state index contributed by atoms with van der Waals surface area (Å²) in [6.45, 7) is 6.16. The van der Waals surface area contributed by atoms with Crippen molar-refractivity contribution in [2.45, 2.75) is 32.7 Å². The quantitative estimate of drug-likeness (QED) is 0.929. The maximum Gasteiger partial charge on any atom is 0.226 e. The molecule has 0 saturated carbocycles. The fourth-order valence-corrected chi connectivity index (χ4v) is 2.52. The van der Waals surface area contributed by atoms with E-state index in [9.17, 15) is 4.79 Å². The van der Waals surface area contributed by atoms with Crippen LogP contribution in [0.3, 0.4) is 0 Å². The summed E-state index contributed by atoms with van der Waals surface area (Å²) in [4.78, 5) is 14.1. The van der Waals surface area contributed by atoms with Gasteiger partial charge >= 0.3 is 0 Å². The molecule has 118 valence electrons. The molecule has 1 aromatic carbocycles. The molecular formula is C16H25ClN2O2. The molecule has 1 aromatic rings. The maximum absolute atomic E-state index is 12.2. The van der Waals surface area contributed by atoms with Crippen molar-refractivity contribution in [3.05, 3.63) is 30.3 Å². The molecule has 1 heterocycles. The highest BCUT2D eigenvalue weighted by Gasteiger charge is 2.35. The third-order valence-electron chi connectivity index (χ3n) is 3.99. The summed E-state index contributed by atoms with van der Waals surface area (Å²) in [5.74, 6) is 0.960. The number of nitrogens with two attached hydrogens (primary N) is 1. The summed E-state index contributed by atoms with van der Waals surface area (Å²) in [5, 5.41) is 0.